The van der Waals surface area contributed by atoms with Crippen LogP contribution in [0.2, 0.25) is 13.1 Å². The molecule has 0 N–H and O–H groups in total. The summed E-state index contributed by atoms with van der Waals surface area (Å²) in [5.41, 5.74) is 2.62. The van der Waals surface area contributed by atoms with Crippen molar-refractivity contribution in [3.63, 3.8) is 0 Å². The lowest BCUT2D eigenvalue weighted by Gasteiger charge is -2.23. The quantitative estimate of drug-likeness (QED) is 0.792. The Kier molecular flexibility index (Phi) is 3.85. The molecule has 0 aliphatic carbocycles. The van der Waals surface area contributed by atoms with Gasteiger partial charge in [-0.2, -0.15) is 0 Å². The molecule has 0 aromatic heterocycles. The Labute approximate surface area is 118 Å². The van der Waals surface area contributed by atoms with Gasteiger partial charge in [0, 0.05) is 50.3 Å². The van der Waals surface area contributed by atoms with Crippen LogP contribution in [0.1, 0.15) is 0 Å². The minimum Gasteiger partial charge on any atom is -0.377 e. The van der Waals surface area contributed by atoms with E-state index in [1.165, 1.54) is 27.3 Å². The van der Waals surface area contributed by atoms with Gasteiger partial charge in [0.05, 0.1) is 8.80 Å². The van der Waals surface area contributed by atoms with Crippen molar-refractivity contribution in [2.45, 2.75) is 13.1 Å². The normalized spacial score (nSPS) is 11.1. The zero-order valence-corrected chi connectivity index (χ0v) is 13.8. The van der Waals surface area contributed by atoms with E-state index in [2.05, 4.69) is 81.4 Å². The Bertz CT molecular complexity index is 574. The molecule has 0 bridgehead atoms. The Hall–Kier alpha value is -1.48. The fourth-order valence-corrected chi connectivity index (χ4v) is 3.73. The standard InChI is InChI=1S/C16H23N2Si/c1-17(2)13-10-11-15(19(5)6)16-12(13)8-7-9-14(16)18(3)4/h7-11H,1-6H3. The Morgan fingerprint density at radius 2 is 1.42 bits per heavy atom. The topological polar surface area (TPSA) is 6.48 Å². The number of anilines is 2. The van der Waals surface area contributed by atoms with Crippen LogP contribution in [-0.2, 0) is 0 Å². The van der Waals surface area contributed by atoms with Gasteiger partial charge >= 0.3 is 0 Å². The number of nitrogens with zero attached hydrogens (tertiary/aromatic N) is 2. The molecular weight excluding hydrogens is 248 g/mol. The van der Waals surface area contributed by atoms with Crippen LogP contribution in [-0.4, -0.2) is 37.0 Å². The van der Waals surface area contributed by atoms with E-state index in [0.717, 1.165) is 0 Å². The second-order valence-electron chi connectivity index (χ2n) is 5.62. The van der Waals surface area contributed by atoms with E-state index in [1.54, 1.807) is 0 Å². The summed E-state index contributed by atoms with van der Waals surface area (Å²) < 4.78 is 0. The van der Waals surface area contributed by atoms with Gasteiger partial charge in [-0.25, -0.2) is 0 Å². The highest BCUT2D eigenvalue weighted by molar-refractivity contribution is 6.73. The lowest BCUT2D eigenvalue weighted by Crippen LogP contribution is -2.26. The molecule has 0 heterocycles. The van der Waals surface area contributed by atoms with Gasteiger partial charge in [0.15, 0.2) is 0 Å². The van der Waals surface area contributed by atoms with Gasteiger partial charge in [-0.1, -0.05) is 36.5 Å². The van der Waals surface area contributed by atoms with E-state index in [1.807, 2.05) is 0 Å². The lowest BCUT2D eigenvalue weighted by molar-refractivity contribution is 1.13. The van der Waals surface area contributed by atoms with Gasteiger partial charge in [-0.15, -0.1) is 0 Å². The Morgan fingerprint density at radius 3 is 1.95 bits per heavy atom. The molecule has 0 spiro atoms. The minimum atomic E-state index is -0.479. The largest absolute Gasteiger partial charge is 0.377 e. The van der Waals surface area contributed by atoms with Gasteiger partial charge in [0.25, 0.3) is 0 Å². The zero-order valence-electron chi connectivity index (χ0n) is 12.8. The Balaban J connectivity index is 2.89. The summed E-state index contributed by atoms with van der Waals surface area (Å²) >= 11 is 0. The van der Waals surface area contributed by atoms with E-state index in [-0.39, 0.29) is 0 Å². The van der Waals surface area contributed by atoms with Crippen molar-refractivity contribution in [2.75, 3.05) is 38.0 Å². The predicted molar refractivity (Wildman–Crippen MR) is 89.7 cm³/mol. The second-order valence-corrected chi connectivity index (χ2v) is 8.16. The molecule has 2 rings (SSSR count). The van der Waals surface area contributed by atoms with Gasteiger partial charge in [-0.3, -0.25) is 0 Å². The van der Waals surface area contributed by atoms with E-state index >= 15 is 0 Å². The van der Waals surface area contributed by atoms with Crippen molar-refractivity contribution in [2.24, 2.45) is 0 Å². The van der Waals surface area contributed by atoms with E-state index in [9.17, 15) is 0 Å². The van der Waals surface area contributed by atoms with Crippen LogP contribution in [0.4, 0.5) is 11.4 Å². The maximum Gasteiger partial charge on any atom is 0.0801 e. The molecule has 101 valence electrons. The first-order chi connectivity index (χ1) is 8.93. The molecule has 0 aliphatic heterocycles. The van der Waals surface area contributed by atoms with E-state index in [4.69, 9.17) is 0 Å². The third kappa shape index (κ3) is 2.47. The van der Waals surface area contributed by atoms with Gasteiger partial charge < -0.3 is 9.80 Å². The molecule has 0 saturated carbocycles. The highest BCUT2D eigenvalue weighted by Crippen LogP contribution is 2.31. The van der Waals surface area contributed by atoms with Crippen LogP contribution in [0, 0.1) is 0 Å². The molecule has 0 amide bonds. The molecule has 19 heavy (non-hydrogen) atoms. The average molecular weight is 271 g/mol. The molecule has 2 aromatic carbocycles. The molecular formula is C16H23N2Si. The molecule has 0 saturated heterocycles. The van der Waals surface area contributed by atoms with Crippen LogP contribution in [0.25, 0.3) is 10.8 Å². The monoisotopic (exact) mass is 271 g/mol. The highest BCUT2D eigenvalue weighted by Gasteiger charge is 2.14. The SMILES string of the molecule is CN(C)c1ccc([Si](C)C)c2c(N(C)C)cccc12. The van der Waals surface area contributed by atoms with E-state index < -0.39 is 8.80 Å². The second kappa shape index (κ2) is 5.25. The third-order valence-electron chi connectivity index (χ3n) is 3.50. The number of hydrogen-bond acceptors (Lipinski definition) is 2. The van der Waals surface area contributed by atoms with Gasteiger partial charge in [0.1, 0.15) is 0 Å². The maximum absolute atomic E-state index is 2.36. The molecule has 0 unspecified atom stereocenters. The van der Waals surface area contributed by atoms with Gasteiger partial charge in [0.2, 0.25) is 0 Å². The van der Waals surface area contributed by atoms with E-state index in [0.29, 0.717) is 0 Å². The van der Waals surface area contributed by atoms with Crippen molar-refractivity contribution in [1.29, 1.82) is 0 Å². The van der Waals surface area contributed by atoms with Crippen molar-refractivity contribution in [3.05, 3.63) is 30.3 Å². The summed E-state index contributed by atoms with van der Waals surface area (Å²) in [5, 5.41) is 4.31. The summed E-state index contributed by atoms with van der Waals surface area (Å²) in [5.74, 6) is 0. The smallest absolute Gasteiger partial charge is 0.0801 e. The molecule has 0 aliphatic rings. The van der Waals surface area contributed by atoms with Crippen LogP contribution in [0.3, 0.4) is 0 Å². The first kappa shape index (κ1) is 13.9. The Morgan fingerprint density at radius 1 is 0.789 bits per heavy atom. The lowest BCUT2D eigenvalue weighted by atomic mass is 10.1. The number of fused-ring (bicyclic) bond motifs is 1. The molecule has 2 aromatic rings. The highest BCUT2D eigenvalue weighted by atomic mass is 28.3. The fourth-order valence-electron chi connectivity index (χ4n) is 2.55. The van der Waals surface area contributed by atoms with Crippen molar-refractivity contribution in [1.82, 2.24) is 0 Å². The molecule has 1 radical (unpaired) electrons. The predicted octanol–water partition coefficient (Wildman–Crippen LogP) is 2.93. The van der Waals surface area contributed by atoms with Crippen molar-refractivity contribution < 1.29 is 0 Å². The molecule has 3 heteroatoms. The van der Waals surface area contributed by atoms with Crippen molar-refractivity contribution in [3.8, 4) is 0 Å². The van der Waals surface area contributed by atoms with Gasteiger partial charge in [-0.05, 0) is 12.1 Å². The molecule has 2 nitrogen and oxygen atoms in total. The number of rotatable bonds is 3. The average Bonchev–Trinajstić information content (AvgIpc) is 2.35. The van der Waals surface area contributed by atoms with Crippen LogP contribution >= 0.6 is 0 Å². The van der Waals surface area contributed by atoms with Crippen molar-refractivity contribution >= 4 is 36.1 Å². The summed E-state index contributed by atoms with van der Waals surface area (Å²) in [6.07, 6.45) is 0. The minimum absolute atomic E-state index is 0.479. The number of benzene rings is 2. The summed E-state index contributed by atoms with van der Waals surface area (Å²) in [6, 6.07) is 11.2. The summed E-state index contributed by atoms with van der Waals surface area (Å²) in [7, 11) is 7.99. The first-order valence-electron chi connectivity index (χ1n) is 6.64. The van der Waals surface area contributed by atoms with Crippen LogP contribution < -0.4 is 15.0 Å². The summed E-state index contributed by atoms with van der Waals surface area (Å²) in [6.45, 7) is 4.72. The molecule has 0 atom stereocenters. The summed E-state index contributed by atoms with van der Waals surface area (Å²) in [4.78, 5) is 4.42. The number of hydrogen-bond donors (Lipinski definition) is 0. The fraction of sp³-hybridized carbons (Fsp3) is 0.375. The van der Waals surface area contributed by atoms with Crippen LogP contribution in [0.15, 0.2) is 30.3 Å². The first-order valence-corrected chi connectivity index (χ1v) is 9.14. The third-order valence-corrected chi connectivity index (χ3v) is 4.99. The zero-order chi connectivity index (χ0) is 14.2. The van der Waals surface area contributed by atoms with Crippen LogP contribution in [0.5, 0.6) is 0 Å². The maximum atomic E-state index is 2.36. The molecule has 0 fully saturated rings.